The van der Waals surface area contributed by atoms with Crippen molar-refractivity contribution in [3.05, 3.63) is 27.2 Å². The molecule has 1 atom stereocenters. The number of hydrogen-bond acceptors (Lipinski definition) is 6. The number of carbonyl (C=O) groups is 1. The van der Waals surface area contributed by atoms with Crippen molar-refractivity contribution in [3.63, 3.8) is 0 Å². The largest absolute Gasteiger partial charge is 0.477 e. The number of aryl methyl sites for hydroxylation is 1. The third-order valence-electron chi connectivity index (χ3n) is 2.35. The maximum Gasteiger partial charge on any atom is 0.347 e. The Morgan fingerprint density at radius 2 is 2.22 bits per heavy atom. The van der Waals surface area contributed by atoms with Crippen LogP contribution in [0.2, 0.25) is 0 Å². The topological polar surface area (TPSA) is 75.1 Å². The number of anilines is 1. The van der Waals surface area contributed by atoms with Crippen molar-refractivity contribution in [2.45, 2.75) is 26.3 Å². The lowest BCUT2D eigenvalue weighted by molar-refractivity contribution is 0.0702. The fraction of sp³-hybridized carbons (Fsp3) is 0.364. The Balaban J connectivity index is 2.05. The van der Waals surface area contributed by atoms with Gasteiger partial charge in [-0.25, -0.2) is 14.8 Å². The van der Waals surface area contributed by atoms with Crippen molar-refractivity contribution < 1.29 is 9.90 Å². The molecule has 0 saturated carbocycles. The molecule has 1 unspecified atom stereocenters. The molecule has 5 nitrogen and oxygen atoms in total. The minimum absolute atomic E-state index is 0.0306. The first-order valence-corrected chi connectivity index (χ1v) is 7.13. The zero-order valence-corrected chi connectivity index (χ0v) is 11.6. The summed E-state index contributed by atoms with van der Waals surface area (Å²) in [7, 11) is 0. The number of nitrogens with zero attached hydrogens (tertiary/aromatic N) is 2. The fourth-order valence-corrected chi connectivity index (χ4v) is 2.97. The monoisotopic (exact) mass is 283 g/mol. The van der Waals surface area contributed by atoms with Gasteiger partial charge in [0.05, 0.1) is 12.2 Å². The molecule has 2 heterocycles. The predicted molar refractivity (Wildman–Crippen MR) is 72.6 cm³/mol. The number of carboxylic acids is 1. The van der Waals surface area contributed by atoms with Gasteiger partial charge in [0.2, 0.25) is 0 Å². The minimum Gasteiger partial charge on any atom is -0.477 e. The van der Waals surface area contributed by atoms with E-state index in [1.807, 2.05) is 13.1 Å². The first-order valence-electron chi connectivity index (χ1n) is 5.50. The zero-order chi connectivity index (χ0) is 13.1. The Morgan fingerprint density at radius 1 is 1.44 bits per heavy atom. The molecule has 0 spiro atoms. The number of hydrogen-bond donors (Lipinski definition) is 2. The highest BCUT2D eigenvalue weighted by molar-refractivity contribution is 7.17. The molecule has 2 aromatic heterocycles. The van der Waals surface area contributed by atoms with Crippen LogP contribution in [0, 0.1) is 0 Å². The highest BCUT2D eigenvalue weighted by Gasteiger charge is 2.13. The summed E-state index contributed by atoms with van der Waals surface area (Å²) in [5.74, 6) is -0.948. The number of thiazole rings is 2. The maximum atomic E-state index is 10.7. The SMILES string of the molecule is CCc1cnc(C(C)Nc2ncc(C(=O)O)s2)s1. The van der Waals surface area contributed by atoms with Crippen molar-refractivity contribution in [1.82, 2.24) is 9.97 Å². The Kier molecular flexibility index (Phi) is 3.93. The third-order valence-corrected chi connectivity index (χ3v) is 4.59. The van der Waals surface area contributed by atoms with Crippen LogP contribution in [0.4, 0.5) is 5.13 Å². The van der Waals surface area contributed by atoms with Gasteiger partial charge in [0.1, 0.15) is 9.88 Å². The summed E-state index contributed by atoms with van der Waals surface area (Å²) in [6.07, 6.45) is 4.22. The molecule has 2 rings (SSSR count). The van der Waals surface area contributed by atoms with Crippen molar-refractivity contribution in [2.24, 2.45) is 0 Å². The van der Waals surface area contributed by atoms with Gasteiger partial charge in [0.15, 0.2) is 5.13 Å². The fourth-order valence-electron chi connectivity index (χ4n) is 1.37. The standard InChI is InChI=1S/C11H13N3O2S2/c1-3-7-4-12-9(17-7)6(2)14-11-13-5-8(18-11)10(15)16/h4-6H,3H2,1-2H3,(H,13,14)(H,15,16). The van der Waals surface area contributed by atoms with E-state index in [1.165, 1.54) is 11.1 Å². The van der Waals surface area contributed by atoms with Crippen LogP contribution in [-0.2, 0) is 6.42 Å². The molecule has 7 heteroatoms. The Hall–Kier alpha value is -1.47. The smallest absolute Gasteiger partial charge is 0.347 e. The Labute approximate surface area is 113 Å². The molecule has 0 saturated heterocycles. The first-order chi connectivity index (χ1) is 8.60. The average Bonchev–Trinajstić information content (AvgIpc) is 2.96. The lowest BCUT2D eigenvalue weighted by atomic mass is 10.4. The summed E-state index contributed by atoms with van der Waals surface area (Å²) < 4.78 is 0. The summed E-state index contributed by atoms with van der Waals surface area (Å²) in [5, 5.41) is 13.6. The van der Waals surface area contributed by atoms with Crippen molar-refractivity contribution >= 4 is 33.8 Å². The van der Waals surface area contributed by atoms with Crippen molar-refractivity contribution in [1.29, 1.82) is 0 Å². The minimum atomic E-state index is -0.948. The van der Waals surface area contributed by atoms with Gasteiger partial charge in [-0.3, -0.25) is 0 Å². The Bertz CT molecular complexity index is 550. The van der Waals surface area contributed by atoms with E-state index in [9.17, 15) is 4.79 Å². The number of nitrogens with one attached hydrogen (secondary N) is 1. The molecule has 0 bridgehead atoms. The predicted octanol–water partition coefficient (Wildman–Crippen LogP) is 3.03. The van der Waals surface area contributed by atoms with Gasteiger partial charge in [-0.05, 0) is 13.3 Å². The van der Waals surface area contributed by atoms with Crippen molar-refractivity contribution in [2.75, 3.05) is 5.32 Å². The third kappa shape index (κ3) is 2.85. The Morgan fingerprint density at radius 3 is 2.78 bits per heavy atom. The highest BCUT2D eigenvalue weighted by atomic mass is 32.1. The van der Waals surface area contributed by atoms with E-state index in [1.54, 1.807) is 11.3 Å². The molecule has 2 N–H and O–H groups in total. The van der Waals surface area contributed by atoms with Crippen LogP contribution >= 0.6 is 22.7 Å². The van der Waals surface area contributed by atoms with E-state index >= 15 is 0 Å². The first kappa shape index (κ1) is 13.0. The van der Waals surface area contributed by atoms with Gasteiger partial charge < -0.3 is 10.4 Å². The van der Waals surface area contributed by atoms with Gasteiger partial charge in [0.25, 0.3) is 0 Å². The lowest BCUT2D eigenvalue weighted by Crippen LogP contribution is -2.05. The van der Waals surface area contributed by atoms with Gasteiger partial charge in [-0.1, -0.05) is 18.3 Å². The average molecular weight is 283 g/mol. The second-order valence-corrected chi connectivity index (χ2v) is 5.90. The molecule has 0 aliphatic heterocycles. The zero-order valence-electron chi connectivity index (χ0n) is 10.0. The number of carboxylic acid groups (broad SMARTS) is 1. The van der Waals surface area contributed by atoms with E-state index < -0.39 is 5.97 Å². The number of rotatable bonds is 5. The second kappa shape index (κ2) is 5.45. The van der Waals surface area contributed by atoms with Gasteiger partial charge >= 0.3 is 5.97 Å². The molecule has 0 fully saturated rings. The van der Waals surface area contributed by atoms with Crippen LogP contribution in [0.1, 0.15) is 39.4 Å². The second-order valence-electron chi connectivity index (χ2n) is 3.72. The van der Waals surface area contributed by atoms with Crippen LogP contribution < -0.4 is 5.32 Å². The maximum absolute atomic E-state index is 10.7. The molecule has 18 heavy (non-hydrogen) atoms. The molecule has 0 radical (unpaired) electrons. The molecule has 0 aromatic carbocycles. The molecule has 0 aliphatic carbocycles. The summed E-state index contributed by atoms with van der Waals surface area (Å²) in [6, 6.07) is 0.0306. The quantitative estimate of drug-likeness (QED) is 0.882. The summed E-state index contributed by atoms with van der Waals surface area (Å²) in [4.78, 5) is 20.6. The molecule has 96 valence electrons. The van der Waals surface area contributed by atoms with Crippen LogP contribution in [0.25, 0.3) is 0 Å². The molecular formula is C11H13N3O2S2. The molecule has 0 amide bonds. The van der Waals surface area contributed by atoms with Crippen molar-refractivity contribution in [3.8, 4) is 0 Å². The van der Waals surface area contributed by atoms with Crippen LogP contribution in [0.15, 0.2) is 12.4 Å². The van der Waals surface area contributed by atoms with E-state index in [0.29, 0.717) is 5.13 Å². The number of aromatic carboxylic acids is 1. The summed E-state index contributed by atoms with van der Waals surface area (Å²) >= 11 is 2.79. The molecule has 0 aliphatic rings. The van der Waals surface area contributed by atoms with Gasteiger partial charge in [-0.2, -0.15) is 0 Å². The highest BCUT2D eigenvalue weighted by Crippen LogP contribution is 2.26. The van der Waals surface area contributed by atoms with E-state index in [0.717, 1.165) is 22.8 Å². The molecular weight excluding hydrogens is 270 g/mol. The lowest BCUT2D eigenvalue weighted by Gasteiger charge is -2.08. The van der Waals surface area contributed by atoms with Crippen LogP contribution in [0.5, 0.6) is 0 Å². The van der Waals surface area contributed by atoms with E-state index in [2.05, 4.69) is 22.2 Å². The van der Waals surface area contributed by atoms with E-state index in [-0.39, 0.29) is 10.9 Å². The van der Waals surface area contributed by atoms with Crippen LogP contribution in [0.3, 0.4) is 0 Å². The normalized spacial score (nSPS) is 12.3. The molecule has 2 aromatic rings. The van der Waals surface area contributed by atoms with Gasteiger partial charge in [-0.15, -0.1) is 11.3 Å². The van der Waals surface area contributed by atoms with Gasteiger partial charge in [0, 0.05) is 11.1 Å². The summed E-state index contributed by atoms with van der Waals surface area (Å²) in [6.45, 7) is 4.08. The van der Waals surface area contributed by atoms with Crippen LogP contribution in [-0.4, -0.2) is 21.0 Å². The van der Waals surface area contributed by atoms with E-state index in [4.69, 9.17) is 5.11 Å². The number of aromatic nitrogens is 2. The summed E-state index contributed by atoms with van der Waals surface area (Å²) in [5.41, 5.74) is 0.